The van der Waals surface area contributed by atoms with E-state index in [4.69, 9.17) is 0 Å². The second kappa shape index (κ2) is 7.45. The highest BCUT2D eigenvalue weighted by atomic mass is 32.1. The smallest absolute Gasteiger partial charge is 0.235 e. The van der Waals surface area contributed by atoms with Gasteiger partial charge in [0.05, 0.1) is 22.8 Å². The molecule has 2 aromatic rings. The van der Waals surface area contributed by atoms with Crippen molar-refractivity contribution in [3.63, 3.8) is 0 Å². The van der Waals surface area contributed by atoms with E-state index in [1.165, 1.54) is 16.2 Å². The molecular weight excluding hydrogens is 408 g/mol. The van der Waals surface area contributed by atoms with Crippen molar-refractivity contribution in [2.75, 3.05) is 11.4 Å². The van der Waals surface area contributed by atoms with E-state index in [0.717, 1.165) is 35.2 Å². The molecular formula is C25H26N2O3S. The molecule has 0 spiro atoms. The highest BCUT2D eigenvalue weighted by Crippen LogP contribution is 2.50. The number of Topliss-reactive ketones (excluding diaryl/α,β-unsaturated/α-hetero) is 1. The first-order valence-electron chi connectivity index (χ1n) is 10.9. The van der Waals surface area contributed by atoms with Crippen molar-refractivity contribution in [1.29, 1.82) is 0 Å². The Morgan fingerprint density at radius 3 is 2.58 bits per heavy atom. The summed E-state index contributed by atoms with van der Waals surface area (Å²) in [4.78, 5) is 44.7. The minimum atomic E-state index is -0.664. The molecule has 5 nitrogen and oxygen atoms in total. The predicted octanol–water partition coefficient (Wildman–Crippen LogP) is 4.31. The Bertz CT molecular complexity index is 1100. The number of hydrogen-bond donors (Lipinski definition) is 0. The molecule has 1 aromatic carbocycles. The number of fused-ring (bicyclic) bond motifs is 5. The van der Waals surface area contributed by atoms with E-state index in [1.807, 2.05) is 43.5 Å². The Morgan fingerprint density at radius 2 is 1.87 bits per heavy atom. The fraction of sp³-hybridized carbons (Fsp3) is 0.400. The number of carbonyl (C=O) groups is 3. The number of allylic oxidation sites excluding steroid dienone is 1. The molecule has 0 unspecified atom stereocenters. The van der Waals surface area contributed by atoms with Gasteiger partial charge in [-0.25, -0.2) is 0 Å². The number of carbonyl (C=O) groups excluding carboxylic acids is 3. The number of aryl methyl sites for hydroxylation is 1. The van der Waals surface area contributed by atoms with Crippen LogP contribution < -0.4 is 4.90 Å². The highest BCUT2D eigenvalue weighted by molar-refractivity contribution is 7.12. The number of benzene rings is 1. The van der Waals surface area contributed by atoms with Gasteiger partial charge >= 0.3 is 0 Å². The summed E-state index contributed by atoms with van der Waals surface area (Å²) in [6, 6.07) is 8.91. The number of nitrogens with zero attached hydrogens (tertiary/aromatic N) is 2. The van der Waals surface area contributed by atoms with Gasteiger partial charge in [-0.1, -0.05) is 37.1 Å². The molecule has 0 N–H and O–H groups in total. The molecule has 1 aromatic heterocycles. The maximum atomic E-state index is 13.7. The Balaban J connectivity index is 1.66. The zero-order chi connectivity index (χ0) is 21.9. The van der Waals surface area contributed by atoms with Crippen molar-refractivity contribution in [3.8, 4) is 0 Å². The maximum absolute atomic E-state index is 13.7. The van der Waals surface area contributed by atoms with Crippen LogP contribution in [0.3, 0.4) is 0 Å². The van der Waals surface area contributed by atoms with Crippen LogP contribution in [-0.2, 0) is 9.59 Å². The van der Waals surface area contributed by atoms with Crippen LogP contribution in [0.15, 0.2) is 41.8 Å². The molecule has 2 fully saturated rings. The predicted molar refractivity (Wildman–Crippen MR) is 122 cm³/mol. The van der Waals surface area contributed by atoms with Crippen molar-refractivity contribution in [3.05, 3.63) is 57.8 Å². The van der Waals surface area contributed by atoms with Crippen molar-refractivity contribution in [1.82, 2.24) is 4.90 Å². The van der Waals surface area contributed by atoms with Crippen LogP contribution in [0.25, 0.3) is 5.57 Å². The van der Waals surface area contributed by atoms with E-state index >= 15 is 0 Å². The zero-order valence-corrected chi connectivity index (χ0v) is 18.8. The van der Waals surface area contributed by atoms with E-state index < -0.39 is 17.9 Å². The Hall–Kier alpha value is -2.73. The molecule has 0 aliphatic carbocycles. The molecule has 3 aliphatic rings. The van der Waals surface area contributed by atoms with Gasteiger partial charge in [0, 0.05) is 17.8 Å². The largest absolute Gasteiger partial charge is 0.352 e. The van der Waals surface area contributed by atoms with Crippen LogP contribution in [0.5, 0.6) is 0 Å². The third kappa shape index (κ3) is 2.92. The van der Waals surface area contributed by atoms with Crippen molar-refractivity contribution < 1.29 is 14.4 Å². The monoisotopic (exact) mass is 434 g/mol. The second-order valence-electron chi connectivity index (χ2n) is 8.79. The molecule has 0 bridgehead atoms. The standard InChI is InChI=1S/C25H26N2O3S/c1-4-5-10-26-24(29)20-18-13-15(3)16-12-14(2)8-9-17(16)27(18)22(21(20)25(26)30)23(28)19-7-6-11-31-19/h6-9,11-13,18,20-22H,4-5,10H2,1-3H3/t18-,20-,21+,22-/m0/s1. The lowest BCUT2D eigenvalue weighted by Crippen LogP contribution is -2.49. The van der Waals surface area contributed by atoms with Gasteiger partial charge in [0.15, 0.2) is 5.78 Å². The summed E-state index contributed by atoms with van der Waals surface area (Å²) >= 11 is 1.39. The number of hydrogen-bond acceptors (Lipinski definition) is 5. The molecule has 4 heterocycles. The topological polar surface area (TPSA) is 57.7 Å². The summed E-state index contributed by atoms with van der Waals surface area (Å²) in [7, 11) is 0. The molecule has 0 saturated carbocycles. The fourth-order valence-electron chi connectivity index (χ4n) is 5.42. The maximum Gasteiger partial charge on any atom is 0.235 e. The summed E-state index contributed by atoms with van der Waals surface area (Å²) in [5, 5.41) is 1.88. The number of ketones is 1. The van der Waals surface area contributed by atoms with E-state index in [2.05, 4.69) is 24.0 Å². The zero-order valence-electron chi connectivity index (χ0n) is 18.0. The summed E-state index contributed by atoms with van der Waals surface area (Å²) in [5.41, 5.74) is 4.25. The average Bonchev–Trinajstić information content (AvgIpc) is 3.44. The third-order valence-electron chi connectivity index (χ3n) is 6.86. The molecule has 4 atom stereocenters. The summed E-state index contributed by atoms with van der Waals surface area (Å²) in [6.45, 7) is 6.58. The van der Waals surface area contributed by atoms with Crippen molar-refractivity contribution >= 4 is 40.2 Å². The minimum absolute atomic E-state index is 0.0644. The summed E-state index contributed by atoms with van der Waals surface area (Å²) in [5.74, 6) is -1.53. The van der Waals surface area contributed by atoms with Gasteiger partial charge in [-0.15, -0.1) is 11.3 Å². The minimum Gasteiger partial charge on any atom is -0.352 e. The average molecular weight is 435 g/mol. The van der Waals surface area contributed by atoms with Gasteiger partial charge in [0.2, 0.25) is 11.8 Å². The van der Waals surface area contributed by atoms with Crippen LogP contribution >= 0.6 is 11.3 Å². The molecule has 2 amide bonds. The Kier molecular flexibility index (Phi) is 4.85. The fourth-order valence-corrected chi connectivity index (χ4v) is 6.12. The van der Waals surface area contributed by atoms with Gasteiger partial charge in [-0.2, -0.15) is 0 Å². The van der Waals surface area contributed by atoms with Crippen LogP contribution in [0.2, 0.25) is 0 Å². The SMILES string of the molecule is CCCCN1C(=O)[C@@H]2[C@@H](C1=O)[C@@H]1C=C(C)c3cc(C)ccc3N1[C@@H]2C(=O)c1cccs1. The van der Waals surface area contributed by atoms with Gasteiger partial charge in [0.25, 0.3) is 0 Å². The highest BCUT2D eigenvalue weighted by Gasteiger charge is 2.64. The third-order valence-corrected chi connectivity index (χ3v) is 7.75. The van der Waals surface area contributed by atoms with Crippen LogP contribution in [-0.4, -0.2) is 41.1 Å². The summed E-state index contributed by atoms with van der Waals surface area (Å²) in [6.07, 6.45) is 3.78. The van der Waals surface area contributed by atoms with Crippen LogP contribution in [0.4, 0.5) is 5.69 Å². The van der Waals surface area contributed by atoms with Crippen molar-refractivity contribution in [2.24, 2.45) is 11.8 Å². The van der Waals surface area contributed by atoms with Crippen molar-refractivity contribution in [2.45, 2.75) is 45.7 Å². The normalized spacial score (nSPS) is 26.6. The van der Waals surface area contributed by atoms with Gasteiger partial charge < -0.3 is 4.90 Å². The molecule has 6 heteroatoms. The lowest BCUT2D eigenvalue weighted by Gasteiger charge is -2.38. The lowest BCUT2D eigenvalue weighted by atomic mass is 9.86. The van der Waals surface area contributed by atoms with E-state index in [-0.39, 0.29) is 23.6 Å². The molecule has 0 radical (unpaired) electrons. The van der Waals surface area contributed by atoms with E-state index in [0.29, 0.717) is 11.4 Å². The second-order valence-corrected chi connectivity index (χ2v) is 9.74. The number of rotatable bonds is 5. The van der Waals surface area contributed by atoms with Crippen LogP contribution in [0.1, 0.15) is 47.5 Å². The first-order chi connectivity index (χ1) is 14.9. The molecule has 160 valence electrons. The molecule has 2 saturated heterocycles. The first-order valence-corrected chi connectivity index (χ1v) is 11.8. The molecule has 31 heavy (non-hydrogen) atoms. The van der Waals surface area contributed by atoms with Gasteiger partial charge in [-0.05, 0) is 49.4 Å². The van der Waals surface area contributed by atoms with E-state index in [9.17, 15) is 14.4 Å². The lowest BCUT2D eigenvalue weighted by molar-refractivity contribution is -0.140. The van der Waals surface area contributed by atoms with Gasteiger partial charge in [0.1, 0.15) is 6.04 Å². The van der Waals surface area contributed by atoms with Gasteiger partial charge in [-0.3, -0.25) is 19.3 Å². The first kappa shape index (κ1) is 20.2. The number of anilines is 1. The number of amides is 2. The Labute approximate surface area is 186 Å². The molecule has 5 rings (SSSR count). The quantitative estimate of drug-likeness (QED) is 0.520. The molecule has 3 aliphatic heterocycles. The Morgan fingerprint density at radius 1 is 1.10 bits per heavy atom. The number of unbranched alkanes of at least 4 members (excludes halogenated alkanes) is 1. The van der Waals surface area contributed by atoms with E-state index in [1.54, 1.807) is 0 Å². The number of imide groups is 1. The number of thiophene rings is 1. The van der Waals surface area contributed by atoms with Crippen LogP contribution in [0, 0.1) is 18.8 Å². The summed E-state index contributed by atoms with van der Waals surface area (Å²) < 4.78 is 0. The number of likely N-dealkylation sites (tertiary alicyclic amines) is 1.